The van der Waals surface area contributed by atoms with E-state index >= 15 is 0 Å². The van der Waals surface area contributed by atoms with Crippen molar-refractivity contribution in [1.29, 1.82) is 0 Å². The fraction of sp³-hybridized carbons (Fsp3) is 0.556. The maximum absolute atomic E-state index is 14.0. The number of carbonyl (C=O) groups is 4. The Bertz CT molecular complexity index is 1350. The molecule has 0 aliphatic rings. The van der Waals surface area contributed by atoms with Crippen molar-refractivity contribution in [2.45, 2.75) is 104 Å². The molecule has 0 bridgehead atoms. The van der Waals surface area contributed by atoms with Crippen LogP contribution in [-0.2, 0) is 16.0 Å². The first kappa shape index (κ1) is 40.1. The highest BCUT2D eigenvalue weighted by molar-refractivity contribution is 6.00. The minimum atomic E-state index is -1.19. The Labute approximate surface area is 283 Å². The van der Waals surface area contributed by atoms with Crippen LogP contribution in [0.5, 0.6) is 0 Å². The topological polar surface area (TPSA) is 137 Å². The average Bonchev–Trinajstić information content (AvgIpc) is 2.98. The maximum atomic E-state index is 14.0. The van der Waals surface area contributed by atoms with E-state index in [2.05, 4.69) is 16.0 Å². The van der Waals surface area contributed by atoms with Crippen LogP contribution in [0.3, 0.4) is 0 Å². The van der Waals surface area contributed by atoms with Gasteiger partial charge in [0.1, 0.15) is 17.2 Å². The lowest BCUT2D eigenvalue weighted by molar-refractivity contribution is -0.121. The Balaban J connectivity index is 2.06. The molecule has 0 saturated carbocycles. The molecule has 0 saturated heterocycles. The Morgan fingerprint density at radius 1 is 0.875 bits per heavy atom. The fourth-order valence-corrected chi connectivity index (χ4v) is 5.16. The number of aliphatic hydroxyl groups is 1. The number of ether oxygens (including phenoxy) is 1. The lowest BCUT2D eigenvalue weighted by Crippen LogP contribution is -2.46. The zero-order valence-corrected chi connectivity index (χ0v) is 29.1. The first-order chi connectivity index (χ1) is 22.6. The largest absolute Gasteiger partial charge is 0.444 e. The van der Waals surface area contributed by atoms with Crippen molar-refractivity contribution >= 4 is 23.8 Å². The van der Waals surface area contributed by atoms with Gasteiger partial charge in [-0.25, -0.2) is 13.6 Å². The predicted molar refractivity (Wildman–Crippen MR) is 181 cm³/mol. The van der Waals surface area contributed by atoms with Crippen LogP contribution in [0, 0.1) is 18.6 Å². The molecule has 0 aromatic heterocycles. The zero-order chi connectivity index (χ0) is 35.9. The number of aliphatic hydroxyl groups excluding tert-OH is 1. The molecule has 4 amide bonds. The molecule has 4 N–H and O–H groups in total. The lowest BCUT2D eigenvalue weighted by atomic mass is 9.97. The third kappa shape index (κ3) is 14.8. The van der Waals surface area contributed by atoms with Gasteiger partial charge in [0, 0.05) is 49.8 Å². The van der Waals surface area contributed by atoms with Gasteiger partial charge in [-0.15, -0.1) is 0 Å². The minimum Gasteiger partial charge on any atom is -0.444 e. The summed E-state index contributed by atoms with van der Waals surface area (Å²) in [5.74, 6) is -2.56. The van der Waals surface area contributed by atoms with E-state index < -0.39 is 41.4 Å². The maximum Gasteiger partial charge on any atom is 0.407 e. The van der Waals surface area contributed by atoms with Crippen molar-refractivity contribution in [2.24, 2.45) is 0 Å². The Morgan fingerprint density at radius 3 is 2.10 bits per heavy atom. The molecule has 2 rings (SSSR count). The molecular formula is C36H52F2N4O6. The summed E-state index contributed by atoms with van der Waals surface area (Å²) in [6.07, 6.45) is 1.13. The Kier molecular flexibility index (Phi) is 16.5. The Hall–Kier alpha value is -4.06. The van der Waals surface area contributed by atoms with Crippen molar-refractivity contribution in [3.63, 3.8) is 0 Å². The molecule has 2 aromatic carbocycles. The monoisotopic (exact) mass is 674 g/mol. The van der Waals surface area contributed by atoms with Gasteiger partial charge in [-0.3, -0.25) is 14.4 Å². The van der Waals surface area contributed by atoms with Crippen LogP contribution in [0.1, 0.15) is 105 Å². The number of carbonyl (C=O) groups excluding carboxylic acids is 4. The summed E-state index contributed by atoms with van der Waals surface area (Å²) in [7, 11) is 0. The molecule has 0 radical (unpaired) electrons. The zero-order valence-electron chi connectivity index (χ0n) is 29.1. The normalized spacial score (nSPS) is 12.5. The number of amides is 4. The van der Waals surface area contributed by atoms with Crippen molar-refractivity contribution in [3.8, 4) is 0 Å². The summed E-state index contributed by atoms with van der Waals surface area (Å²) < 4.78 is 33.2. The van der Waals surface area contributed by atoms with Crippen LogP contribution in [0.4, 0.5) is 13.6 Å². The number of unbranched alkanes of at least 4 members (excludes halogenated alkanes) is 1. The van der Waals surface area contributed by atoms with E-state index in [1.54, 1.807) is 44.7 Å². The van der Waals surface area contributed by atoms with Gasteiger partial charge in [0.25, 0.3) is 11.8 Å². The third-order valence-electron chi connectivity index (χ3n) is 7.28. The summed E-state index contributed by atoms with van der Waals surface area (Å²) >= 11 is 0. The number of benzene rings is 2. The van der Waals surface area contributed by atoms with E-state index in [1.807, 2.05) is 13.8 Å². The summed E-state index contributed by atoms with van der Waals surface area (Å²) in [6.45, 7) is 12.7. The molecule has 2 aromatic rings. The van der Waals surface area contributed by atoms with Gasteiger partial charge in [0.05, 0.1) is 12.1 Å². The molecule has 0 aliphatic heterocycles. The first-order valence-corrected chi connectivity index (χ1v) is 16.7. The van der Waals surface area contributed by atoms with Crippen LogP contribution in [0.15, 0.2) is 36.4 Å². The van der Waals surface area contributed by atoms with Gasteiger partial charge in [0.15, 0.2) is 0 Å². The van der Waals surface area contributed by atoms with E-state index in [4.69, 9.17) is 4.74 Å². The smallest absolute Gasteiger partial charge is 0.407 e. The van der Waals surface area contributed by atoms with Crippen LogP contribution in [-0.4, -0.2) is 77.7 Å². The number of aryl methyl sites for hydroxylation is 1. The molecule has 48 heavy (non-hydrogen) atoms. The van der Waals surface area contributed by atoms with E-state index in [0.29, 0.717) is 43.6 Å². The van der Waals surface area contributed by atoms with Gasteiger partial charge in [0.2, 0.25) is 5.91 Å². The van der Waals surface area contributed by atoms with Gasteiger partial charge in [-0.05, 0) is 108 Å². The SMILES string of the molecule is CCCN(CCC)C(=O)c1cc(C)cc(C(=O)NC(Cc2cc(F)cc(F)c2)C(O)CCNC(=O)CCCCNC(=O)OC(C)(C)C)c1. The predicted octanol–water partition coefficient (Wildman–Crippen LogP) is 5.44. The summed E-state index contributed by atoms with van der Waals surface area (Å²) in [4.78, 5) is 52.6. The number of nitrogens with one attached hydrogen (secondary N) is 3. The molecule has 266 valence electrons. The van der Waals surface area contributed by atoms with Crippen LogP contribution >= 0.6 is 0 Å². The molecule has 0 aliphatic carbocycles. The molecule has 0 heterocycles. The van der Waals surface area contributed by atoms with E-state index in [9.17, 15) is 33.1 Å². The van der Waals surface area contributed by atoms with Crippen molar-refractivity contribution < 1.29 is 37.8 Å². The second-order valence-electron chi connectivity index (χ2n) is 13.0. The molecule has 12 heteroatoms. The van der Waals surface area contributed by atoms with Crippen LogP contribution in [0.2, 0.25) is 0 Å². The standard InChI is InChI=1S/C36H52F2N4O6/c1-7-15-42(16-8-2)34(46)27-18-24(3)17-26(22-27)33(45)41-30(21-25-19-28(37)23-29(38)20-25)31(43)12-14-39-32(44)11-9-10-13-40-35(47)48-36(4,5)6/h17-20,22-23,30-31,43H,7-16,21H2,1-6H3,(H,39,44)(H,40,47)(H,41,45). The molecule has 0 fully saturated rings. The third-order valence-corrected chi connectivity index (χ3v) is 7.28. The summed E-state index contributed by atoms with van der Waals surface area (Å²) in [5, 5.41) is 19.3. The highest BCUT2D eigenvalue weighted by Crippen LogP contribution is 2.17. The van der Waals surface area contributed by atoms with Crippen molar-refractivity contribution in [3.05, 3.63) is 70.3 Å². The van der Waals surface area contributed by atoms with E-state index in [0.717, 1.165) is 31.0 Å². The van der Waals surface area contributed by atoms with Crippen molar-refractivity contribution in [2.75, 3.05) is 26.2 Å². The second-order valence-corrected chi connectivity index (χ2v) is 13.0. The average molecular weight is 675 g/mol. The van der Waals surface area contributed by atoms with Gasteiger partial charge >= 0.3 is 6.09 Å². The second kappa shape index (κ2) is 19.7. The quantitative estimate of drug-likeness (QED) is 0.156. The highest BCUT2D eigenvalue weighted by Gasteiger charge is 2.25. The summed E-state index contributed by atoms with van der Waals surface area (Å²) in [6, 6.07) is 6.90. The number of alkyl carbamates (subject to hydrolysis) is 1. The van der Waals surface area contributed by atoms with E-state index in [-0.39, 0.29) is 48.7 Å². The Morgan fingerprint density at radius 2 is 1.50 bits per heavy atom. The lowest BCUT2D eigenvalue weighted by Gasteiger charge is -2.25. The number of hydrogen-bond donors (Lipinski definition) is 4. The molecule has 2 atom stereocenters. The first-order valence-electron chi connectivity index (χ1n) is 16.7. The van der Waals surface area contributed by atoms with Crippen LogP contribution < -0.4 is 16.0 Å². The minimum absolute atomic E-state index is 0.0508. The van der Waals surface area contributed by atoms with Gasteiger partial charge in [-0.1, -0.05) is 13.8 Å². The van der Waals surface area contributed by atoms with Crippen LogP contribution in [0.25, 0.3) is 0 Å². The fourth-order valence-electron chi connectivity index (χ4n) is 5.16. The summed E-state index contributed by atoms with van der Waals surface area (Å²) in [5.41, 5.74) is 0.916. The van der Waals surface area contributed by atoms with Gasteiger partial charge < -0.3 is 30.7 Å². The highest BCUT2D eigenvalue weighted by atomic mass is 19.1. The number of rotatable bonds is 18. The van der Waals surface area contributed by atoms with E-state index in [1.165, 1.54) is 6.07 Å². The number of halogens is 2. The molecular weight excluding hydrogens is 622 g/mol. The van der Waals surface area contributed by atoms with Gasteiger partial charge in [-0.2, -0.15) is 0 Å². The van der Waals surface area contributed by atoms with Crippen molar-refractivity contribution in [1.82, 2.24) is 20.9 Å². The number of hydrogen-bond acceptors (Lipinski definition) is 6. The molecule has 10 nitrogen and oxygen atoms in total. The number of nitrogens with zero attached hydrogens (tertiary/aromatic N) is 1. The molecule has 0 spiro atoms. The molecule has 2 unspecified atom stereocenters.